The maximum absolute atomic E-state index is 4.27. The molecule has 1 unspecified atom stereocenters. The molecule has 1 atom stereocenters. The molecular weight excluding hydrogens is 260 g/mol. The first-order valence-electron chi connectivity index (χ1n) is 7.43. The lowest BCUT2D eigenvalue weighted by Crippen LogP contribution is -2.19. The molecule has 0 aliphatic rings. The number of hydrogen-bond donors (Lipinski definition) is 1. The van der Waals surface area contributed by atoms with Crippen molar-refractivity contribution < 1.29 is 0 Å². The van der Waals surface area contributed by atoms with Crippen LogP contribution >= 0.6 is 0 Å². The SMILES string of the molecule is CCCNC(C)c1cccc(-n2nnc3ccccc32)c1. The van der Waals surface area contributed by atoms with Crippen molar-refractivity contribution >= 4 is 11.0 Å². The van der Waals surface area contributed by atoms with E-state index >= 15 is 0 Å². The molecule has 0 aliphatic heterocycles. The van der Waals surface area contributed by atoms with Gasteiger partial charge in [0, 0.05) is 6.04 Å². The third-order valence-corrected chi connectivity index (χ3v) is 3.67. The lowest BCUT2D eigenvalue weighted by atomic mass is 10.1. The van der Waals surface area contributed by atoms with Gasteiger partial charge in [0.05, 0.1) is 11.2 Å². The van der Waals surface area contributed by atoms with E-state index in [1.54, 1.807) is 0 Å². The van der Waals surface area contributed by atoms with E-state index < -0.39 is 0 Å². The zero-order valence-electron chi connectivity index (χ0n) is 12.5. The zero-order valence-corrected chi connectivity index (χ0v) is 12.5. The van der Waals surface area contributed by atoms with E-state index in [0.29, 0.717) is 6.04 Å². The van der Waals surface area contributed by atoms with Crippen LogP contribution in [0.25, 0.3) is 16.7 Å². The molecule has 4 nitrogen and oxygen atoms in total. The van der Waals surface area contributed by atoms with Crippen LogP contribution in [0.2, 0.25) is 0 Å². The fraction of sp³-hybridized carbons (Fsp3) is 0.294. The van der Waals surface area contributed by atoms with Crippen LogP contribution in [0.15, 0.2) is 48.5 Å². The van der Waals surface area contributed by atoms with Crippen molar-refractivity contribution in [3.8, 4) is 5.69 Å². The summed E-state index contributed by atoms with van der Waals surface area (Å²) in [5, 5.41) is 12.0. The number of rotatable bonds is 5. The summed E-state index contributed by atoms with van der Waals surface area (Å²) >= 11 is 0. The van der Waals surface area contributed by atoms with E-state index in [2.05, 4.69) is 53.7 Å². The summed E-state index contributed by atoms with van der Waals surface area (Å²) in [5.74, 6) is 0. The van der Waals surface area contributed by atoms with Crippen LogP contribution in [0, 0.1) is 0 Å². The van der Waals surface area contributed by atoms with Crippen LogP contribution in [0.1, 0.15) is 31.9 Å². The van der Waals surface area contributed by atoms with E-state index in [1.165, 1.54) is 5.56 Å². The third-order valence-electron chi connectivity index (χ3n) is 3.67. The lowest BCUT2D eigenvalue weighted by molar-refractivity contribution is 0.570. The van der Waals surface area contributed by atoms with Gasteiger partial charge in [-0.05, 0) is 49.7 Å². The van der Waals surface area contributed by atoms with E-state index in [-0.39, 0.29) is 0 Å². The van der Waals surface area contributed by atoms with E-state index in [0.717, 1.165) is 29.7 Å². The van der Waals surface area contributed by atoms with Gasteiger partial charge in [0.25, 0.3) is 0 Å². The van der Waals surface area contributed by atoms with Gasteiger partial charge in [-0.1, -0.05) is 36.4 Å². The van der Waals surface area contributed by atoms with Crippen molar-refractivity contribution in [3.05, 3.63) is 54.1 Å². The van der Waals surface area contributed by atoms with Gasteiger partial charge in [-0.15, -0.1) is 5.10 Å². The van der Waals surface area contributed by atoms with Crippen LogP contribution in [0.3, 0.4) is 0 Å². The molecule has 2 aromatic carbocycles. The molecule has 4 heteroatoms. The molecule has 0 radical (unpaired) electrons. The van der Waals surface area contributed by atoms with Crippen LogP contribution in [0.4, 0.5) is 0 Å². The average molecular weight is 280 g/mol. The number of nitrogens with zero attached hydrogens (tertiary/aromatic N) is 3. The topological polar surface area (TPSA) is 42.7 Å². The summed E-state index contributed by atoms with van der Waals surface area (Å²) in [6, 6.07) is 16.8. The highest BCUT2D eigenvalue weighted by molar-refractivity contribution is 5.75. The Labute approximate surface area is 124 Å². The van der Waals surface area contributed by atoms with Crippen molar-refractivity contribution in [1.29, 1.82) is 0 Å². The van der Waals surface area contributed by atoms with Crippen LogP contribution in [0.5, 0.6) is 0 Å². The van der Waals surface area contributed by atoms with Gasteiger partial charge >= 0.3 is 0 Å². The summed E-state index contributed by atoms with van der Waals surface area (Å²) in [4.78, 5) is 0. The fourth-order valence-electron chi connectivity index (χ4n) is 2.46. The van der Waals surface area contributed by atoms with Crippen molar-refractivity contribution in [2.75, 3.05) is 6.54 Å². The van der Waals surface area contributed by atoms with Crippen molar-refractivity contribution in [3.63, 3.8) is 0 Å². The molecular formula is C17H20N4. The lowest BCUT2D eigenvalue weighted by Gasteiger charge is -2.14. The molecule has 0 fully saturated rings. The Balaban J connectivity index is 1.96. The van der Waals surface area contributed by atoms with Gasteiger partial charge in [0.2, 0.25) is 0 Å². The molecule has 0 saturated carbocycles. The van der Waals surface area contributed by atoms with Crippen molar-refractivity contribution in [2.24, 2.45) is 0 Å². The monoisotopic (exact) mass is 280 g/mol. The number of aromatic nitrogens is 3. The Kier molecular flexibility index (Phi) is 3.97. The number of fused-ring (bicyclic) bond motifs is 1. The maximum atomic E-state index is 4.27. The molecule has 0 bridgehead atoms. The number of hydrogen-bond acceptors (Lipinski definition) is 3. The number of benzene rings is 2. The fourth-order valence-corrected chi connectivity index (χ4v) is 2.46. The van der Waals surface area contributed by atoms with Crippen LogP contribution < -0.4 is 5.32 Å². The first kappa shape index (κ1) is 13.8. The Morgan fingerprint density at radius 1 is 1.14 bits per heavy atom. The van der Waals surface area contributed by atoms with Crippen molar-refractivity contribution in [2.45, 2.75) is 26.3 Å². The van der Waals surface area contributed by atoms with Gasteiger partial charge in [-0.3, -0.25) is 0 Å². The Morgan fingerprint density at radius 3 is 2.86 bits per heavy atom. The standard InChI is InChI=1S/C17H20N4/c1-3-11-18-13(2)14-7-6-8-15(12-14)21-17-10-5-4-9-16(17)19-20-21/h4-10,12-13,18H,3,11H2,1-2H3. The van der Waals surface area contributed by atoms with E-state index in [4.69, 9.17) is 0 Å². The minimum atomic E-state index is 0.333. The molecule has 1 N–H and O–H groups in total. The van der Waals surface area contributed by atoms with E-state index in [9.17, 15) is 0 Å². The van der Waals surface area contributed by atoms with Crippen LogP contribution in [-0.4, -0.2) is 21.5 Å². The Hall–Kier alpha value is -2.20. The summed E-state index contributed by atoms with van der Waals surface area (Å²) in [7, 11) is 0. The maximum Gasteiger partial charge on any atom is 0.113 e. The van der Waals surface area contributed by atoms with Gasteiger partial charge in [0.1, 0.15) is 5.52 Å². The molecule has 0 aliphatic carbocycles. The van der Waals surface area contributed by atoms with E-state index in [1.807, 2.05) is 28.9 Å². The molecule has 1 aromatic heterocycles. The first-order chi connectivity index (χ1) is 10.3. The van der Waals surface area contributed by atoms with Gasteiger partial charge in [-0.25, -0.2) is 4.68 Å². The largest absolute Gasteiger partial charge is 0.310 e. The molecule has 0 amide bonds. The second kappa shape index (κ2) is 6.06. The molecule has 0 saturated heterocycles. The van der Waals surface area contributed by atoms with Gasteiger partial charge < -0.3 is 5.32 Å². The molecule has 3 rings (SSSR count). The number of nitrogens with one attached hydrogen (secondary N) is 1. The summed E-state index contributed by atoms with van der Waals surface area (Å²) < 4.78 is 1.89. The molecule has 108 valence electrons. The highest BCUT2D eigenvalue weighted by Crippen LogP contribution is 2.20. The third kappa shape index (κ3) is 2.81. The first-order valence-corrected chi connectivity index (χ1v) is 7.43. The van der Waals surface area contributed by atoms with Gasteiger partial charge in [0.15, 0.2) is 0 Å². The average Bonchev–Trinajstić information content (AvgIpc) is 2.97. The second-order valence-electron chi connectivity index (χ2n) is 5.26. The summed E-state index contributed by atoms with van der Waals surface area (Å²) in [6.45, 7) is 5.39. The number of para-hydroxylation sites is 1. The predicted molar refractivity (Wildman–Crippen MR) is 85.6 cm³/mol. The quantitative estimate of drug-likeness (QED) is 0.778. The second-order valence-corrected chi connectivity index (χ2v) is 5.26. The van der Waals surface area contributed by atoms with Crippen LogP contribution in [-0.2, 0) is 0 Å². The molecule has 3 aromatic rings. The van der Waals surface area contributed by atoms with Gasteiger partial charge in [-0.2, -0.15) is 0 Å². The molecule has 1 heterocycles. The summed E-state index contributed by atoms with van der Waals surface area (Å²) in [6.07, 6.45) is 1.14. The zero-order chi connectivity index (χ0) is 14.7. The predicted octanol–water partition coefficient (Wildman–Crippen LogP) is 3.48. The Morgan fingerprint density at radius 2 is 2.00 bits per heavy atom. The highest BCUT2D eigenvalue weighted by atomic mass is 15.4. The molecule has 0 spiro atoms. The molecule has 21 heavy (non-hydrogen) atoms. The van der Waals surface area contributed by atoms with Crippen molar-refractivity contribution in [1.82, 2.24) is 20.3 Å². The minimum Gasteiger partial charge on any atom is -0.310 e. The summed E-state index contributed by atoms with van der Waals surface area (Å²) in [5.41, 5.74) is 4.26. The smallest absolute Gasteiger partial charge is 0.113 e. The normalized spacial score (nSPS) is 12.7. The minimum absolute atomic E-state index is 0.333. The Bertz CT molecular complexity index is 732. The highest BCUT2D eigenvalue weighted by Gasteiger charge is 2.09.